The molecule has 0 bridgehead atoms. The minimum absolute atomic E-state index is 0.317. The first-order valence-electron chi connectivity index (χ1n) is 9.01. The van der Waals surface area contributed by atoms with Gasteiger partial charge in [0.1, 0.15) is 11.6 Å². The molecule has 0 aromatic rings. The van der Waals surface area contributed by atoms with Crippen molar-refractivity contribution in [2.45, 2.75) is 67.2 Å². The molecule has 0 heterocycles. The molecule has 9 heteroatoms. The normalized spacial score (nSPS) is 11.5. The van der Waals surface area contributed by atoms with E-state index >= 15 is 0 Å². The third kappa shape index (κ3) is 21.1. The van der Waals surface area contributed by atoms with E-state index in [0.29, 0.717) is 12.8 Å². The SMILES string of the molecule is CCC(C(C)=O)C(=O)[O-].CCC(C(C)=O)C(=O)[O-].CCC[O][Ti+2][O]CCC. The van der Waals surface area contributed by atoms with Crippen LogP contribution < -0.4 is 10.2 Å². The second-order valence-corrected chi connectivity index (χ2v) is 6.72. The number of rotatable bonds is 12. The van der Waals surface area contributed by atoms with Gasteiger partial charge in [0.2, 0.25) is 0 Å². The molecule has 156 valence electrons. The number of aliphatic carboxylic acids is 2. The van der Waals surface area contributed by atoms with Gasteiger partial charge in [0.25, 0.3) is 0 Å². The molecule has 0 spiro atoms. The number of ketones is 2. The van der Waals surface area contributed by atoms with Crippen LogP contribution in [-0.2, 0) is 45.7 Å². The van der Waals surface area contributed by atoms with Crippen LogP contribution in [0.5, 0.6) is 0 Å². The molecule has 0 aromatic heterocycles. The predicted octanol–water partition coefficient (Wildman–Crippen LogP) is 0.455. The Morgan fingerprint density at radius 2 is 1.04 bits per heavy atom. The van der Waals surface area contributed by atoms with Crippen molar-refractivity contribution in [3.8, 4) is 0 Å². The Bertz CT molecular complexity index is 360. The molecule has 0 N–H and O–H groups in total. The molecule has 0 aliphatic heterocycles. The number of carbonyl (C=O) groups is 4. The summed E-state index contributed by atoms with van der Waals surface area (Å²) in [6.45, 7) is 11.7. The standard InChI is InChI=1S/2C6H10O3.2C3H7O.Ti/c2*1-3-5(4(2)7)6(8)9;2*1-2-3-4;/h2*5H,3H2,1-2H3,(H,8,9);2*2-3H2,1H3;/q;;2*-1;+4/p-2. The summed E-state index contributed by atoms with van der Waals surface area (Å²) in [6.07, 6.45) is 2.83. The van der Waals surface area contributed by atoms with Gasteiger partial charge >= 0.3 is 66.5 Å². The molecule has 0 rings (SSSR count). The van der Waals surface area contributed by atoms with Gasteiger partial charge in [-0.25, -0.2) is 0 Å². The number of carbonyl (C=O) groups excluding carboxylic acids is 4. The first kappa shape index (κ1) is 30.6. The fraction of sp³-hybridized carbons (Fsp3) is 0.778. The second kappa shape index (κ2) is 21.2. The van der Waals surface area contributed by atoms with Crippen molar-refractivity contribution < 1.29 is 56.0 Å². The minimum atomic E-state index is -1.27. The van der Waals surface area contributed by atoms with E-state index in [4.69, 9.17) is 6.64 Å². The summed E-state index contributed by atoms with van der Waals surface area (Å²) < 4.78 is 10.4. The van der Waals surface area contributed by atoms with E-state index in [2.05, 4.69) is 13.8 Å². The van der Waals surface area contributed by atoms with Crippen LogP contribution in [0.25, 0.3) is 0 Å². The van der Waals surface area contributed by atoms with Gasteiger partial charge in [0.05, 0.1) is 23.8 Å². The predicted molar refractivity (Wildman–Crippen MR) is 91.4 cm³/mol. The van der Waals surface area contributed by atoms with Crippen molar-refractivity contribution >= 4 is 23.5 Å². The van der Waals surface area contributed by atoms with Gasteiger partial charge < -0.3 is 19.8 Å². The second-order valence-electron chi connectivity index (χ2n) is 5.56. The fourth-order valence-electron chi connectivity index (χ4n) is 1.57. The van der Waals surface area contributed by atoms with Gasteiger partial charge in [0, 0.05) is 0 Å². The van der Waals surface area contributed by atoms with Gasteiger partial charge in [-0.15, -0.1) is 0 Å². The van der Waals surface area contributed by atoms with Crippen LogP contribution >= 0.6 is 0 Å². The molecular weight excluding hydrogens is 392 g/mol. The van der Waals surface area contributed by atoms with Crippen molar-refractivity contribution in [2.75, 3.05) is 13.2 Å². The molecule has 0 aliphatic carbocycles. The van der Waals surface area contributed by atoms with Gasteiger partial charge in [-0.05, 0) is 26.7 Å². The molecule has 27 heavy (non-hydrogen) atoms. The number of hydrogen-bond acceptors (Lipinski definition) is 8. The summed E-state index contributed by atoms with van der Waals surface area (Å²) in [5, 5.41) is 20.1. The van der Waals surface area contributed by atoms with Crippen LogP contribution in [0, 0.1) is 11.8 Å². The first-order valence-corrected chi connectivity index (χ1v) is 10.3. The average Bonchev–Trinajstić information content (AvgIpc) is 2.55. The van der Waals surface area contributed by atoms with Gasteiger partial charge in [-0.2, -0.15) is 0 Å². The Morgan fingerprint density at radius 1 is 0.741 bits per heavy atom. The van der Waals surface area contributed by atoms with Crippen molar-refractivity contribution in [2.24, 2.45) is 11.8 Å². The van der Waals surface area contributed by atoms with Crippen LogP contribution in [0.1, 0.15) is 67.2 Å². The molecule has 0 saturated heterocycles. The van der Waals surface area contributed by atoms with Crippen LogP contribution in [-0.4, -0.2) is 36.7 Å². The van der Waals surface area contributed by atoms with Crippen molar-refractivity contribution in [1.29, 1.82) is 0 Å². The Kier molecular flexibility index (Phi) is 24.1. The third-order valence-corrected chi connectivity index (χ3v) is 4.10. The molecule has 2 atom stereocenters. The summed E-state index contributed by atoms with van der Waals surface area (Å²) in [6, 6.07) is 0. The third-order valence-electron chi connectivity index (χ3n) is 3.10. The zero-order valence-electron chi connectivity index (χ0n) is 17.2. The summed E-state index contributed by atoms with van der Waals surface area (Å²) in [7, 11) is 0. The molecule has 0 aliphatic rings. The van der Waals surface area contributed by atoms with E-state index in [1.54, 1.807) is 13.8 Å². The van der Waals surface area contributed by atoms with Crippen LogP contribution in [0.2, 0.25) is 0 Å². The van der Waals surface area contributed by atoms with Crippen LogP contribution in [0.4, 0.5) is 0 Å². The van der Waals surface area contributed by atoms with E-state index in [-0.39, 0.29) is 11.6 Å². The Morgan fingerprint density at radius 3 is 1.15 bits per heavy atom. The molecule has 0 amide bonds. The van der Waals surface area contributed by atoms with E-state index in [0.717, 1.165) is 26.1 Å². The van der Waals surface area contributed by atoms with Crippen molar-refractivity contribution in [3.63, 3.8) is 0 Å². The number of carboxylic acids is 2. The zero-order chi connectivity index (χ0) is 21.8. The van der Waals surface area contributed by atoms with E-state index in [1.807, 2.05) is 0 Å². The molecule has 8 nitrogen and oxygen atoms in total. The molecule has 0 aromatic carbocycles. The number of hydrogen-bond donors (Lipinski definition) is 0. The molecular formula is C18H32O8Ti. The van der Waals surface area contributed by atoms with E-state index < -0.39 is 43.7 Å². The maximum atomic E-state index is 10.4. The van der Waals surface area contributed by atoms with Crippen molar-refractivity contribution in [1.82, 2.24) is 0 Å². The zero-order valence-corrected chi connectivity index (χ0v) is 18.7. The molecule has 0 saturated carbocycles. The Labute approximate surface area is 171 Å². The summed E-state index contributed by atoms with van der Waals surface area (Å²) >= 11 is -0.504. The number of carboxylic acid groups (broad SMARTS) is 2. The van der Waals surface area contributed by atoms with Crippen LogP contribution in [0.3, 0.4) is 0 Å². The summed E-state index contributed by atoms with van der Waals surface area (Å²) in [4.78, 5) is 40.9. The van der Waals surface area contributed by atoms with Gasteiger partial charge in [0.15, 0.2) is 0 Å². The summed E-state index contributed by atoms with van der Waals surface area (Å²) in [5.41, 5.74) is 0. The Balaban J connectivity index is -0.000000320. The summed E-state index contributed by atoms with van der Waals surface area (Å²) in [5.74, 6) is -5.04. The first-order chi connectivity index (χ1) is 12.6. The quantitative estimate of drug-likeness (QED) is 0.251. The maximum absolute atomic E-state index is 10.4. The molecule has 0 fully saturated rings. The van der Waals surface area contributed by atoms with Gasteiger partial charge in [-0.3, -0.25) is 9.59 Å². The molecule has 0 radical (unpaired) electrons. The van der Waals surface area contributed by atoms with E-state index in [1.165, 1.54) is 13.8 Å². The van der Waals surface area contributed by atoms with Gasteiger partial charge in [-0.1, -0.05) is 13.8 Å². The Hall–Kier alpha value is -1.09. The monoisotopic (exact) mass is 424 g/mol. The average molecular weight is 424 g/mol. The van der Waals surface area contributed by atoms with E-state index in [9.17, 15) is 29.4 Å². The fourth-order valence-corrected chi connectivity index (χ4v) is 2.60. The molecule has 2 unspecified atom stereocenters. The number of Topliss-reactive ketones (excluding diaryl/α,β-unsaturated/α-hetero) is 2. The van der Waals surface area contributed by atoms with Crippen molar-refractivity contribution in [3.05, 3.63) is 0 Å². The van der Waals surface area contributed by atoms with Crippen LogP contribution in [0.15, 0.2) is 0 Å². The topological polar surface area (TPSA) is 133 Å².